The number of Topliss-reactive ketones (excluding diaryl/α,β-unsaturated/α-hetero) is 1. The van der Waals surface area contributed by atoms with Gasteiger partial charge in [-0.05, 0) is 129 Å². The first kappa shape index (κ1) is 81.4. The van der Waals surface area contributed by atoms with Crippen molar-refractivity contribution in [2.24, 2.45) is 11.7 Å². The van der Waals surface area contributed by atoms with Gasteiger partial charge >= 0.3 is 12.1 Å². The van der Waals surface area contributed by atoms with E-state index in [0.29, 0.717) is 23.1 Å². The molecular formula is C81H98N10O13S3. The number of carbonyl (C=O) groups is 10. The quantitative estimate of drug-likeness (QED) is 0.0145. The number of amides is 10. The van der Waals surface area contributed by atoms with Gasteiger partial charge < -0.3 is 68.5 Å². The maximum absolute atomic E-state index is 15.6. The number of allylic oxidation sites excluding steroid dienone is 1. The van der Waals surface area contributed by atoms with Crippen LogP contribution < -0.4 is 53.6 Å². The van der Waals surface area contributed by atoms with Crippen LogP contribution in [0.15, 0.2) is 176 Å². The van der Waals surface area contributed by atoms with E-state index in [2.05, 4.69) is 47.9 Å². The summed E-state index contributed by atoms with van der Waals surface area (Å²) in [7, 11) is 2.02. The van der Waals surface area contributed by atoms with Gasteiger partial charge in [-0.3, -0.25) is 38.4 Å². The fourth-order valence-electron chi connectivity index (χ4n) is 13.3. The highest BCUT2D eigenvalue weighted by molar-refractivity contribution is 8.76. The van der Waals surface area contributed by atoms with Gasteiger partial charge in [0, 0.05) is 55.0 Å². The summed E-state index contributed by atoms with van der Waals surface area (Å²) in [6.07, 6.45) is 4.10. The molecule has 23 nitrogen and oxygen atoms in total. The number of unbranched alkanes of at least 4 members (excludes halogenated alkanes) is 1. The number of nitrogens with two attached hydrogens (primary N) is 1. The third kappa shape index (κ3) is 24.2. The Hall–Kier alpha value is -9.63. The third-order valence-electron chi connectivity index (χ3n) is 18.9. The molecule has 2 aliphatic carbocycles. The Morgan fingerprint density at radius 3 is 1.84 bits per heavy atom. The van der Waals surface area contributed by atoms with Crippen molar-refractivity contribution in [1.29, 1.82) is 0 Å². The molecule has 0 bridgehead atoms. The molecule has 0 spiro atoms. The van der Waals surface area contributed by atoms with Crippen molar-refractivity contribution in [3.8, 4) is 5.75 Å². The van der Waals surface area contributed by atoms with Crippen LogP contribution in [0.4, 0.5) is 9.59 Å². The Morgan fingerprint density at radius 1 is 0.636 bits per heavy atom. The number of phenols is 1. The van der Waals surface area contributed by atoms with Crippen molar-refractivity contribution in [1.82, 2.24) is 47.9 Å². The SMILES string of the molecule is C[C@@H](O)[C@@H]1NC(=O)[C@H](CCCCNC(=O)OC(C)(C)C)NC(=O)[C@@H](CC2=CCc3ccccc32)NC(=O)[C@H](Cc2ccc(O)cc2)CC(=O)[C@@H](NC(=O)[C@@H](Cc2ccccc2)NC(=O)NC2CCCCC2)CSSC[C@@H](C(=O)N[C@@H](CSC(c2ccccc2)(c2ccccc2)c2ccccc2)C(N)=O)NC1=O. The molecule has 1 heterocycles. The van der Waals surface area contributed by atoms with Crippen LogP contribution in [0, 0.1) is 5.92 Å². The van der Waals surface area contributed by atoms with Gasteiger partial charge in [-0.25, -0.2) is 9.59 Å². The number of nitrogens with one attached hydrogen (secondary N) is 9. The van der Waals surface area contributed by atoms with E-state index >= 15 is 33.6 Å². The van der Waals surface area contributed by atoms with Crippen molar-refractivity contribution in [2.45, 2.75) is 176 Å². The molecule has 0 aromatic heterocycles. The second kappa shape index (κ2) is 39.8. The minimum absolute atomic E-state index is 0.0108. The minimum Gasteiger partial charge on any atom is -0.508 e. The van der Waals surface area contributed by atoms with Gasteiger partial charge in [0.2, 0.25) is 41.4 Å². The zero-order valence-electron chi connectivity index (χ0n) is 60.7. The van der Waals surface area contributed by atoms with E-state index in [-0.39, 0.29) is 74.1 Å². The highest BCUT2D eigenvalue weighted by Crippen LogP contribution is 2.49. The summed E-state index contributed by atoms with van der Waals surface area (Å²) in [6.45, 7) is 6.49. The normalized spacial score (nSPS) is 20.3. The fraction of sp³-hybridized carbons (Fsp3) is 0.407. The van der Waals surface area contributed by atoms with Crippen LogP contribution in [-0.4, -0.2) is 153 Å². The summed E-state index contributed by atoms with van der Waals surface area (Å²) in [6, 6.07) is 40.5. The average molecular weight is 1520 g/mol. The number of alkyl carbamates (subject to hydrolysis) is 1. The lowest BCUT2D eigenvalue weighted by Crippen LogP contribution is -2.62. The lowest BCUT2D eigenvalue weighted by molar-refractivity contribution is -0.137. The molecule has 3 aliphatic rings. The Balaban J connectivity index is 1.09. The summed E-state index contributed by atoms with van der Waals surface area (Å²) in [4.78, 5) is 147. The number of rotatable bonds is 25. The summed E-state index contributed by atoms with van der Waals surface area (Å²) in [5, 5.41) is 47.4. The molecule has 26 heteroatoms. The van der Waals surface area contributed by atoms with Gasteiger partial charge in [-0.2, -0.15) is 0 Å². The van der Waals surface area contributed by atoms with E-state index in [4.69, 9.17) is 10.5 Å². The predicted molar refractivity (Wildman–Crippen MR) is 417 cm³/mol. The number of aliphatic hydroxyl groups is 1. The van der Waals surface area contributed by atoms with Crippen LogP contribution in [-0.2, 0) is 67.1 Å². The molecule has 13 N–H and O–H groups in total. The number of aliphatic hydroxyl groups excluding tert-OH is 1. The molecule has 1 saturated carbocycles. The molecule has 10 amide bonds. The molecule has 0 unspecified atom stereocenters. The summed E-state index contributed by atoms with van der Waals surface area (Å²) in [5.41, 5.74) is 11.7. The Morgan fingerprint density at radius 2 is 1.22 bits per heavy atom. The molecular weight excluding hydrogens is 1420 g/mol. The van der Waals surface area contributed by atoms with E-state index in [9.17, 15) is 24.6 Å². The molecule has 2 fully saturated rings. The Bertz CT molecular complexity index is 3940. The summed E-state index contributed by atoms with van der Waals surface area (Å²) >= 11 is 1.35. The van der Waals surface area contributed by atoms with E-state index in [0.717, 1.165) is 81.5 Å². The van der Waals surface area contributed by atoms with Crippen molar-refractivity contribution in [3.05, 3.63) is 215 Å². The number of ketones is 1. The first-order valence-electron chi connectivity index (χ1n) is 36.4. The number of hydrogen-bond donors (Lipinski definition) is 12. The van der Waals surface area contributed by atoms with E-state index < -0.39 is 130 Å². The van der Waals surface area contributed by atoms with Crippen LogP contribution in [0.25, 0.3) is 5.57 Å². The van der Waals surface area contributed by atoms with Gasteiger partial charge in [0.05, 0.1) is 16.9 Å². The Kier molecular flexibility index (Phi) is 30.3. The van der Waals surface area contributed by atoms with Crippen molar-refractivity contribution in [2.75, 3.05) is 23.8 Å². The zero-order chi connectivity index (χ0) is 76.5. The number of hydrogen-bond acceptors (Lipinski definition) is 16. The maximum atomic E-state index is 15.6. The number of ether oxygens (including phenoxy) is 1. The largest absolute Gasteiger partial charge is 0.508 e. The number of fused-ring (bicyclic) bond motifs is 1. The molecule has 107 heavy (non-hydrogen) atoms. The first-order chi connectivity index (χ1) is 51.4. The molecule has 1 aliphatic heterocycles. The molecule has 9 atom stereocenters. The molecule has 1 saturated heterocycles. The van der Waals surface area contributed by atoms with Crippen molar-refractivity contribution < 1.29 is 62.9 Å². The molecule has 6 aromatic rings. The van der Waals surface area contributed by atoms with Crippen molar-refractivity contribution >= 4 is 98.2 Å². The van der Waals surface area contributed by atoms with Crippen molar-refractivity contribution in [3.63, 3.8) is 0 Å². The minimum atomic E-state index is -1.81. The van der Waals surface area contributed by atoms with Gasteiger partial charge in [0.25, 0.3) is 0 Å². The van der Waals surface area contributed by atoms with Gasteiger partial charge in [0.1, 0.15) is 47.6 Å². The number of aromatic hydroxyl groups is 1. The summed E-state index contributed by atoms with van der Waals surface area (Å²) < 4.78 is 4.44. The number of thioether (sulfide) groups is 1. The van der Waals surface area contributed by atoms with Crippen LogP contribution >= 0.6 is 33.3 Å². The fourth-order valence-corrected chi connectivity index (χ4v) is 17.2. The first-order valence-corrected chi connectivity index (χ1v) is 39.9. The number of phenolic OH excluding ortho intramolecular Hbond substituents is 1. The lowest BCUT2D eigenvalue weighted by atomic mass is 9.84. The maximum Gasteiger partial charge on any atom is 0.407 e. The van der Waals surface area contributed by atoms with Gasteiger partial charge in [-0.1, -0.05) is 205 Å². The highest BCUT2D eigenvalue weighted by Gasteiger charge is 2.41. The summed E-state index contributed by atoms with van der Waals surface area (Å²) in [5.74, 6) is -8.76. The molecule has 6 aromatic carbocycles. The van der Waals surface area contributed by atoms with Gasteiger partial charge in [0.15, 0.2) is 5.78 Å². The molecule has 0 radical (unpaired) electrons. The zero-order valence-corrected chi connectivity index (χ0v) is 63.2. The van der Waals surface area contributed by atoms with E-state index in [1.165, 1.54) is 30.8 Å². The predicted octanol–water partition coefficient (Wildman–Crippen LogP) is 8.37. The average Bonchev–Trinajstić information content (AvgIpc) is 1.57. The molecule has 568 valence electrons. The number of carbonyl (C=O) groups excluding carboxylic acids is 10. The van der Waals surface area contributed by atoms with E-state index in [1.54, 1.807) is 57.2 Å². The molecule has 9 rings (SSSR count). The van der Waals surface area contributed by atoms with Crippen LogP contribution in [0.3, 0.4) is 0 Å². The lowest BCUT2D eigenvalue weighted by Gasteiger charge is -2.36. The van der Waals surface area contributed by atoms with E-state index in [1.807, 2.05) is 127 Å². The third-order valence-corrected chi connectivity index (χ3v) is 23.0. The monoisotopic (exact) mass is 1510 g/mol. The number of benzene rings is 6. The smallest absolute Gasteiger partial charge is 0.407 e. The standard InChI is InChI=1S/C81H98N10O13S3/c1-51(92)70-77(101)89-68(76(100)88-67(71(82)95)48-105-81(57-27-12-6-13-28-57,58-29-14-7-15-30-58)59-31-16-8-17-32-59)50-107-106-49-66(87-74(98)64(45-52-24-10-5-11-25-52)90-78(102)84-60-33-18-9-19-34-60)69(94)47-56(44-53-37-41-61(93)42-38-53)72(96)86-65(46-55-40-39-54-26-20-21-35-62(54)55)75(99)85-63(73(97)91-70)36-22-23-43-83-79(103)104-80(2,3)4/h5-8,10-17,20-21,24-32,35,37-38,40-42,51,56,60,63-68,70,92-93H,9,18-19,22-23,33-34,36,39,43-50H2,1-4H3,(H2,82,95)(H,83,103)(H,85,99)(H,86,96)(H,87,98)(H,88,100)(H,89,101)(H,91,97)(H2,84,90,102)/t51-,56-,63+,64-,65-,66+,67+,68+,70+/m1/s1. The topological polar surface area (TPSA) is 355 Å². The number of urea groups is 1. The Labute approximate surface area is 637 Å². The van der Waals surface area contributed by atoms with Crippen LogP contribution in [0.5, 0.6) is 5.75 Å². The van der Waals surface area contributed by atoms with Gasteiger partial charge in [-0.15, -0.1) is 11.8 Å². The highest BCUT2D eigenvalue weighted by atomic mass is 33.1. The second-order valence-electron chi connectivity index (χ2n) is 28.2. The van der Waals surface area contributed by atoms with Crippen LogP contribution in [0.1, 0.15) is 131 Å². The number of primary amides is 1. The van der Waals surface area contributed by atoms with Crippen LogP contribution in [0.2, 0.25) is 0 Å². The second-order valence-corrected chi connectivity index (χ2v) is 32.0.